The molecule has 0 atom stereocenters. The lowest BCUT2D eigenvalue weighted by atomic mass is 10.2. The maximum Gasteiger partial charge on any atom is 0.266 e. The number of nitrogens with zero attached hydrogens (tertiary/aromatic N) is 3. The standard InChI is InChI=1S/C21H23N5O5S2/c1-12-17-20(31-3)24-16(11-30-2)25-21(17)32-18(12)19(27)23-13-6-4-7-14(10-13)33(28,29)26-15-8-5-9-22-15/h4,6-7,10H,5,8-9,11H2,1-3H3,(H,22,26)(H,23,27). The Labute approximate surface area is 195 Å². The van der Waals surface area contributed by atoms with Crippen LogP contribution in [0.5, 0.6) is 5.88 Å². The molecule has 0 unspecified atom stereocenters. The van der Waals surface area contributed by atoms with Gasteiger partial charge in [0.25, 0.3) is 15.9 Å². The minimum absolute atomic E-state index is 0.0414. The number of aromatic nitrogens is 2. The van der Waals surface area contributed by atoms with Gasteiger partial charge in [0, 0.05) is 25.8 Å². The Kier molecular flexibility index (Phi) is 6.58. The number of carbonyl (C=O) groups excluding carboxylic acids is 1. The molecule has 3 heterocycles. The second-order valence-electron chi connectivity index (χ2n) is 7.34. The van der Waals surface area contributed by atoms with Crippen molar-refractivity contribution < 1.29 is 22.7 Å². The number of fused-ring (bicyclic) bond motifs is 1. The fraction of sp³-hybridized carbons (Fsp3) is 0.333. The van der Waals surface area contributed by atoms with E-state index in [0.717, 1.165) is 6.42 Å². The highest BCUT2D eigenvalue weighted by Crippen LogP contribution is 2.35. The predicted molar refractivity (Wildman–Crippen MR) is 126 cm³/mol. The van der Waals surface area contributed by atoms with Gasteiger partial charge in [0.2, 0.25) is 5.88 Å². The van der Waals surface area contributed by atoms with Gasteiger partial charge in [0.1, 0.15) is 17.3 Å². The molecule has 0 saturated heterocycles. The number of methoxy groups -OCH3 is 2. The van der Waals surface area contributed by atoms with Gasteiger partial charge in [-0.15, -0.1) is 11.3 Å². The predicted octanol–water partition coefficient (Wildman–Crippen LogP) is 2.88. The summed E-state index contributed by atoms with van der Waals surface area (Å²) in [4.78, 5) is 27.1. The number of hydrogen-bond acceptors (Lipinski definition) is 9. The van der Waals surface area contributed by atoms with Crippen LogP contribution < -0.4 is 14.8 Å². The molecule has 1 amide bonds. The summed E-state index contributed by atoms with van der Waals surface area (Å²) in [6.45, 7) is 2.62. The van der Waals surface area contributed by atoms with Gasteiger partial charge in [-0.2, -0.15) is 4.98 Å². The third-order valence-electron chi connectivity index (χ3n) is 5.01. The molecule has 174 valence electrons. The van der Waals surface area contributed by atoms with Crippen LogP contribution in [0.15, 0.2) is 34.2 Å². The van der Waals surface area contributed by atoms with Crippen molar-refractivity contribution in [2.45, 2.75) is 31.3 Å². The number of aliphatic imine (C=N–C) groups is 1. The number of nitrogens with one attached hydrogen (secondary N) is 2. The summed E-state index contributed by atoms with van der Waals surface area (Å²) in [5, 5.41) is 3.44. The van der Waals surface area contributed by atoms with E-state index in [1.54, 1.807) is 26.2 Å². The molecule has 0 radical (unpaired) electrons. The molecule has 0 fully saturated rings. The number of anilines is 1. The first-order valence-electron chi connectivity index (χ1n) is 10.1. The molecule has 2 aromatic heterocycles. The van der Waals surface area contributed by atoms with Crippen molar-refractivity contribution in [3.63, 3.8) is 0 Å². The zero-order chi connectivity index (χ0) is 23.6. The number of carbonyl (C=O) groups is 1. The van der Waals surface area contributed by atoms with Crippen LogP contribution in [0.4, 0.5) is 5.69 Å². The van der Waals surface area contributed by atoms with E-state index in [-0.39, 0.29) is 17.4 Å². The molecular formula is C21H23N5O5S2. The van der Waals surface area contributed by atoms with Crippen LogP contribution in [0.2, 0.25) is 0 Å². The van der Waals surface area contributed by atoms with Crippen molar-refractivity contribution in [3.05, 3.63) is 40.5 Å². The number of aryl methyl sites for hydroxylation is 1. The molecule has 1 aliphatic rings. The summed E-state index contributed by atoms with van der Waals surface area (Å²) in [6.07, 6.45) is 1.42. The number of sulfonamides is 1. The Bertz CT molecular complexity index is 1350. The Morgan fingerprint density at radius 1 is 1.24 bits per heavy atom. The molecule has 1 aliphatic heterocycles. The summed E-state index contributed by atoms with van der Waals surface area (Å²) in [5.74, 6) is 0.892. The monoisotopic (exact) mass is 489 g/mol. The average Bonchev–Trinajstić information content (AvgIpc) is 3.41. The molecule has 2 N–H and O–H groups in total. The average molecular weight is 490 g/mol. The van der Waals surface area contributed by atoms with E-state index in [9.17, 15) is 13.2 Å². The lowest BCUT2D eigenvalue weighted by molar-refractivity contribution is 0.103. The number of amides is 1. The highest BCUT2D eigenvalue weighted by Gasteiger charge is 2.22. The Morgan fingerprint density at radius 2 is 2.06 bits per heavy atom. The number of hydrogen-bond donors (Lipinski definition) is 2. The molecule has 0 bridgehead atoms. The summed E-state index contributed by atoms with van der Waals surface area (Å²) in [6, 6.07) is 6.08. The van der Waals surface area contributed by atoms with Crippen LogP contribution in [-0.2, 0) is 21.4 Å². The van der Waals surface area contributed by atoms with Gasteiger partial charge < -0.3 is 14.8 Å². The number of thiophene rings is 1. The highest BCUT2D eigenvalue weighted by molar-refractivity contribution is 7.90. The maximum atomic E-state index is 13.1. The Balaban J connectivity index is 1.61. The van der Waals surface area contributed by atoms with Crippen LogP contribution in [0.1, 0.15) is 33.9 Å². The van der Waals surface area contributed by atoms with Crippen molar-refractivity contribution in [2.75, 3.05) is 26.1 Å². The third-order valence-corrected chi connectivity index (χ3v) is 7.57. The van der Waals surface area contributed by atoms with Crippen LogP contribution in [-0.4, -0.2) is 50.9 Å². The zero-order valence-electron chi connectivity index (χ0n) is 18.3. The number of benzene rings is 1. The van der Waals surface area contributed by atoms with E-state index < -0.39 is 10.0 Å². The number of ether oxygens (including phenoxy) is 2. The molecule has 0 saturated carbocycles. The lowest BCUT2D eigenvalue weighted by Gasteiger charge is -2.10. The van der Waals surface area contributed by atoms with Crippen molar-refractivity contribution in [3.8, 4) is 5.88 Å². The summed E-state index contributed by atoms with van der Waals surface area (Å²) in [7, 11) is -0.739. The largest absolute Gasteiger partial charge is 0.480 e. The number of rotatable bonds is 7. The van der Waals surface area contributed by atoms with Gasteiger partial charge in [-0.3, -0.25) is 14.5 Å². The van der Waals surface area contributed by atoms with Gasteiger partial charge in [-0.25, -0.2) is 13.4 Å². The fourth-order valence-corrected chi connectivity index (χ4v) is 5.69. The lowest BCUT2D eigenvalue weighted by Crippen LogP contribution is -2.29. The first-order chi connectivity index (χ1) is 15.8. The minimum atomic E-state index is -3.79. The van der Waals surface area contributed by atoms with Crippen molar-refractivity contribution in [1.29, 1.82) is 0 Å². The molecule has 0 aliphatic carbocycles. The third kappa shape index (κ3) is 4.82. The molecule has 10 nitrogen and oxygen atoms in total. The van der Waals surface area contributed by atoms with E-state index in [1.807, 2.05) is 0 Å². The SMILES string of the molecule is COCc1nc(OC)c2c(C)c(C(=O)Nc3cccc(S(=O)(=O)NC4=NCCC4)c3)sc2n1. The molecule has 33 heavy (non-hydrogen) atoms. The smallest absolute Gasteiger partial charge is 0.266 e. The van der Waals surface area contributed by atoms with Gasteiger partial charge in [-0.1, -0.05) is 6.07 Å². The first-order valence-corrected chi connectivity index (χ1v) is 12.4. The van der Waals surface area contributed by atoms with Crippen LogP contribution >= 0.6 is 11.3 Å². The van der Waals surface area contributed by atoms with E-state index in [2.05, 4.69) is 25.0 Å². The topological polar surface area (TPSA) is 132 Å². The van der Waals surface area contributed by atoms with Crippen LogP contribution in [0.25, 0.3) is 10.2 Å². The van der Waals surface area contributed by atoms with Crippen molar-refractivity contribution in [1.82, 2.24) is 14.7 Å². The van der Waals surface area contributed by atoms with Crippen molar-refractivity contribution in [2.24, 2.45) is 4.99 Å². The van der Waals surface area contributed by atoms with Gasteiger partial charge in [-0.05, 0) is 37.1 Å². The second-order valence-corrected chi connectivity index (χ2v) is 10.0. The first kappa shape index (κ1) is 23.1. The van der Waals surface area contributed by atoms with Gasteiger partial charge in [0.05, 0.1) is 22.3 Å². The fourth-order valence-electron chi connectivity index (χ4n) is 3.47. The molecule has 12 heteroatoms. The zero-order valence-corrected chi connectivity index (χ0v) is 20.0. The van der Waals surface area contributed by atoms with Gasteiger partial charge >= 0.3 is 0 Å². The van der Waals surface area contributed by atoms with E-state index in [1.165, 1.54) is 30.6 Å². The van der Waals surface area contributed by atoms with E-state index in [4.69, 9.17) is 9.47 Å². The second kappa shape index (κ2) is 9.41. The maximum absolute atomic E-state index is 13.1. The number of amidine groups is 1. The van der Waals surface area contributed by atoms with E-state index in [0.29, 0.717) is 56.9 Å². The van der Waals surface area contributed by atoms with Crippen LogP contribution in [0.3, 0.4) is 0 Å². The molecule has 0 spiro atoms. The molecule has 3 aromatic rings. The highest BCUT2D eigenvalue weighted by atomic mass is 32.2. The Morgan fingerprint density at radius 3 is 2.76 bits per heavy atom. The summed E-state index contributed by atoms with van der Waals surface area (Å²) < 4.78 is 38.4. The molecular weight excluding hydrogens is 466 g/mol. The summed E-state index contributed by atoms with van der Waals surface area (Å²) in [5.41, 5.74) is 1.03. The quantitative estimate of drug-likeness (QED) is 0.521. The van der Waals surface area contributed by atoms with Crippen LogP contribution in [0, 0.1) is 6.92 Å². The summed E-state index contributed by atoms with van der Waals surface area (Å²) >= 11 is 1.21. The molecule has 1 aromatic carbocycles. The van der Waals surface area contributed by atoms with Crippen molar-refractivity contribution >= 4 is 49.0 Å². The Hall–Kier alpha value is -3.09. The van der Waals surface area contributed by atoms with E-state index >= 15 is 0 Å². The molecule has 4 rings (SSSR count). The normalized spacial score (nSPS) is 13.7. The van der Waals surface area contributed by atoms with Gasteiger partial charge in [0.15, 0.2) is 5.82 Å². The minimum Gasteiger partial charge on any atom is -0.480 e.